The zero-order valence-electron chi connectivity index (χ0n) is 6.99. The number of aryl methyl sites for hydroxylation is 2. The van der Waals surface area contributed by atoms with Crippen LogP contribution in [0.5, 0.6) is 0 Å². The Labute approximate surface area is 70.4 Å². The van der Waals surface area contributed by atoms with Crippen LogP contribution in [0.1, 0.15) is 11.5 Å². The largest absolute Gasteiger partial charge is 0.360 e. The molecule has 0 aliphatic rings. The van der Waals surface area contributed by atoms with E-state index in [1.54, 1.807) is 6.92 Å². The van der Waals surface area contributed by atoms with Crippen molar-refractivity contribution in [3.8, 4) is 0 Å². The van der Waals surface area contributed by atoms with Crippen LogP contribution in [0.3, 0.4) is 0 Å². The summed E-state index contributed by atoms with van der Waals surface area (Å²) in [6.45, 7) is 3.06. The lowest BCUT2D eigenvalue weighted by Gasteiger charge is -1.97. The van der Waals surface area contributed by atoms with Gasteiger partial charge in [0.2, 0.25) is 0 Å². The fourth-order valence-electron chi connectivity index (χ4n) is 0.915. The predicted molar refractivity (Wildman–Crippen MR) is 40.2 cm³/mol. The lowest BCUT2D eigenvalue weighted by atomic mass is 10.4. The van der Waals surface area contributed by atoms with Crippen LogP contribution in [0.25, 0.3) is 0 Å². The highest BCUT2D eigenvalue weighted by Gasteiger charge is 2.23. The minimum absolute atomic E-state index is 0.0185. The van der Waals surface area contributed by atoms with E-state index in [-0.39, 0.29) is 10.7 Å². The second-order valence-corrected chi connectivity index (χ2v) is 3.92. The summed E-state index contributed by atoms with van der Waals surface area (Å²) in [6, 6.07) is 0. The summed E-state index contributed by atoms with van der Waals surface area (Å²) in [4.78, 5) is 0.0185. The molecule has 0 N–H and O–H groups in total. The van der Waals surface area contributed by atoms with Crippen molar-refractivity contribution < 1.29 is 17.1 Å². The average molecular weight is 191 g/mol. The van der Waals surface area contributed by atoms with Gasteiger partial charge in [-0.3, -0.25) is 4.18 Å². The van der Waals surface area contributed by atoms with Gasteiger partial charge in [-0.2, -0.15) is 8.42 Å². The van der Waals surface area contributed by atoms with Crippen LogP contribution in [0.2, 0.25) is 0 Å². The van der Waals surface area contributed by atoms with Crippen molar-refractivity contribution in [2.24, 2.45) is 0 Å². The Morgan fingerprint density at radius 2 is 2.00 bits per heavy atom. The summed E-state index contributed by atoms with van der Waals surface area (Å²) in [6.07, 6.45) is 0. The van der Waals surface area contributed by atoms with Crippen LogP contribution >= 0.6 is 0 Å². The van der Waals surface area contributed by atoms with Crippen molar-refractivity contribution in [1.82, 2.24) is 5.16 Å². The third-order valence-corrected chi connectivity index (χ3v) is 2.96. The van der Waals surface area contributed by atoms with Crippen molar-refractivity contribution in [1.29, 1.82) is 0 Å². The highest BCUT2D eigenvalue weighted by Crippen LogP contribution is 2.19. The van der Waals surface area contributed by atoms with Gasteiger partial charge in [-0.15, -0.1) is 0 Å². The van der Waals surface area contributed by atoms with Crippen molar-refractivity contribution in [2.45, 2.75) is 18.7 Å². The Hall–Kier alpha value is -0.880. The minimum atomic E-state index is -3.67. The third kappa shape index (κ3) is 1.35. The van der Waals surface area contributed by atoms with Gasteiger partial charge < -0.3 is 4.52 Å². The third-order valence-electron chi connectivity index (χ3n) is 1.44. The molecule has 0 saturated carbocycles. The van der Waals surface area contributed by atoms with E-state index in [4.69, 9.17) is 0 Å². The molecule has 6 heteroatoms. The van der Waals surface area contributed by atoms with Crippen molar-refractivity contribution in [3.63, 3.8) is 0 Å². The Bertz CT molecular complexity index is 359. The maximum absolute atomic E-state index is 11.2. The molecule has 0 radical (unpaired) electrons. The molecular formula is C6H9NO4S. The Kier molecular flexibility index (Phi) is 2.20. The topological polar surface area (TPSA) is 69.4 Å². The number of nitrogens with zero attached hydrogens (tertiary/aromatic N) is 1. The summed E-state index contributed by atoms with van der Waals surface area (Å²) in [5.41, 5.74) is 0.314. The molecule has 0 spiro atoms. The van der Waals surface area contributed by atoms with Crippen LogP contribution < -0.4 is 0 Å². The van der Waals surface area contributed by atoms with Gasteiger partial charge in [-0.05, 0) is 13.8 Å². The smallest absolute Gasteiger partial charge is 0.302 e. The Balaban J connectivity index is 3.37. The van der Waals surface area contributed by atoms with E-state index in [0.29, 0.717) is 5.69 Å². The molecule has 0 aliphatic carbocycles. The lowest BCUT2D eigenvalue weighted by Crippen LogP contribution is -2.04. The van der Waals surface area contributed by atoms with Gasteiger partial charge in [-0.25, -0.2) is 0 Å². The molecular weight excluding hydrogens is 182 g/mol. The molecule has 0 bridgehead atoms. The van der Waals surface area contributed by atoms with Crippen LogP contribution in [0, 0.1) is 13.8 Å². The molecule has 5 nitrogen and oxygen atoms in total. The number of hydrogen-bond donors (Lipinski definition) is 0. The normalized spacial score (nSPS) is 11.9. The molecule has 0 amide bonds. The first-order valence-corrected chi connectivity index (χ1v) is 4.63. The molecule has 1 aromatic rings. The number of rotatable bonds is 2. The lowest BCUT2D eigenvalue weighted by molar-refractivity contribution is 0.382. The molecule has 0 atom stereocenters. The summed E-state index contributed by atoms with van der Waals surface area (Å²) in [5, 5.41) is 3.50. The first-order valence-electron chi connectivity index (χ1n) is 3.22. The molecule has 68 valence electrons. The van der Waals surface area contributed by atoms with E-state index in [1.807, 2.05) is 0 Å². The molecule has 0 saturated heterocycles. The predicted octanol–water partition coefficient (Wildman–Crippen LogP) is 0.627. The van der Waals surface area contributed by atoms with E-state index in [9.17, 15) is 8.42 Å². The molecule has 12 heavy (non-hydrogen) atoms. The van der Waals surface area contributed by atoms with Gasteiger partial charge >= 0.3 is 10.1 Å². The molecule has 1 heterocycles. The summed E-state index contributed by atoms with van der Waals surface area (Å²) >= 11 is 0. The summed E-state index contributed by atoms with van der Waals surface area (Å²) in [7, 11) is -2.57. The fraction of sp³-hybridized carbons (Fsp3) is 0.500. The van der Waals surface area contributed by atoms with E-state index < -0.39 is 10.1 Å². The Morgan fingerprint density at radius 3 is 2.33 bits per heavy atom. The van der Waals surface area contributed by atoms with Crippen LogP contribution in [0.4, 0.5) is 0 Å². The monoisotopic (exact) mass is 191 g/mol. The SMILES string of the molecule is COS(=O)(=O)c1c(C)noc1C. The molecule has 1 rings (SSSR count). The van der Waals surface area contributed by atoms with E-state index in [1.165, 1.54) is 6.92 Å². The van der Waals surface area contributed by atoms with Gasteiger partial charge in [0.25, 0.3) is 0 Å². The van der Waals surface area contributed by atoms with Gasteiger partial charge in [0.1, 0.15) is 5.69 Å². The molecule has 0 fully saturated rings. The molecule has 1 aromatic heterocycles. The van der Waals surface area contributed by atoms with Crippen LogP contribution in [0.15, 0.2) is 9.42 Å². The fourth-order valence-corrected chi connectivity index (χ4v) is 1.87. The zero-order valence-corrected chi connectivity index (χ0v) is 7.80. The first-order chi connectivity index (χ1) is 5.49. The summed E-state index contributed by atoms with van der Waals surface area (Å²) in [5.74, 6) is 0.245. The van der Waals surface area contributed by atoms with Gasteiger partial charge in [0, 0.05) is 0 Å². The van der Waals surface area contributed by atoms with Gasteiger partial charge in [0.05, 0.1) is 7.11 Å². The van der Waals surface area contributed by atoms with E-state index in [0.717, 1.165) is 7.11 Å². The first kappa shape index (κ1) is 9.21. The average Bonchev–Trinajstić information content (AvgIpc) is 2.31. The van der Waals surface area contributed by atoms with Gasteiger partial charge in [-0.1, -0.05) is 5.16 Å². The van der Waals surface area contributed by atoms with Gasteiger partial charge in [0.15, 0.2) is 10.7 Å². The quantitative estimate of drug-likeness (QED) is 0.641. The molecule has 0 aliphatic heterocycles. The minimum Gasteiger partial charge on any atom is -0.360 e. The van der Waals surface area contributed by atoms with Crippen LogP contribution in [-0.2, 0) is 14.3 Å². The standard InChI is InChI=1S/C6H9NO4S/c1-4-6(5(2)11-7-4)12(8,9)10-3/h1-3H3. The highest BCUT2D eigenvalue weighted by atomic mass is 32.2. The maximum atomic E-state index is 11.2. The highest BCUT2D eigenvalue weighted by molar-refractivity contribution is 7.86. The number of aromatic nitrogens is 1. The Morgan fingerprint density at radius 1 is 1.42 bits per heavy atom. The number of hydrogen-bond acceptors (Lipinski definition) is 5. The van der Waals surface area contributed by atoms with Crippen molar-refractivity contribution in [3.05, 3.63) is 11.5 Å². The van der Waals surface area contributed by atoms with E-state index in [2.05, 4.69) is 13.9 Å². The summed E-state index contributed by atoms with van der Waals surface area (Å²) < 4.78 is 31.4. The molecule has 0 unspecified atom stereocenters. The maximum Gasteiger partial charge on any atom is 0.302 e. The second-order valence-electron chi connectivity index (χ2n) is 2.27. The van der Waals surface area contributed by atoms with Crippen molar-refractivity contribution in [2.75, 3.05) is 7.11 Å². The van der Waals surface area contributed by atoms with Crippen molar-refractivity contribution >= 4 is 10.1 Å². The second kappa shape index (κ2) is 2.87. The zero-order chi connectivity index (χ0) is 9.35. The molecule has 0 aromatic carbocycles. The van der Waals surface area contributed by atoms with E-state index >= 15 is 0 Å². The van der Waals surface area contributed by atoms with Crippen LogP contribution in [-0.4, -0.2) is 20.7 Å².